The van der Waals surface area contributed by atoms with E-state index in [9.17, 15) is 5.26 Å². The first-order valence-corrected chi connectivity index (χ1v) is 10.2. The second-order valence-corrected chi connectivity index (χ2v) is 7.48. The van der Waals surface area contributed by atoms with E-state index >= 15 is 0 Å². The zero-order valence-electron chi connectivity index (χ0n) is 17.1. The van der Waals surface area contributed by atoms with Crippen molar-refractivity contribution in [1.82, 2.24) is 10.2 Å². The second-order valence-electron chi connectivity index (χ2n) is 7.05. The average Bonchev–Trinajstić information content (AvgIpc) is 3.13. The number of halogens is 1. The predicted molar refractivity (Wildman–Crippen MR) is 116 cm³/mol. The normalized spacial score (nSPS) is 15.1. The van der Waals surface area contributed by atoms with Crippen molar-refractivity contribution >= 4 is 11.6 Å². The van der Waals surface area contributed by atoms with Crippen molar-refractivity contribution in [2.75, 3.05) is 6.61 Å². The number of benzene rings is 2. The Balaban J connectivity index is 1.69. The van der Waals surface area contributed by atoms with Crippen LogP contribution >= 0.6 is 11.6 Å². The van der Waals surface area contributed by atoms with E-state index in [1.54, 1.807) is 0 Å². The molecule has 0 saturated heterocycles. The van der Waals surface area contributed by atoms with E-state index in [1.165, 1.54) is 0 Å². The van der Waals surface area contributed by atoms with Gasteiger partial charge in [-0.2, -0.15) is 5.26 Å². The number of ether oxygens (including phenoxy) is 3. The first-order valence-electron chi connectivity index (χ1n) is 9.78. The lowest BCUT2D eigenvalue weighted by atomic mass is 9.84. The Kier molecular flexibility index (Phi) is 5.74. The number of hydrogen-bond donors (Lipinski definition) is 2. The largest absolute Gasteiger partial charge is 0.490 e. The molecule has 1 aliphatic heterocycles. The number of nitrogens with two attached hydrogens (primary N) is 1. The molecule has 31 heavy (non-hydrogen) atoms. The maximum Gasteiger partial charge on any atom is 0.244 e. The van der Waals surface area contributed by atoms with Crippen molar-refractivity contribution in [3.8, 4) is 23.4 Å². The van der Waals surface area contributed by atoms with Gasteiger partial charge in [0.25, 0.3) is 0 Å². The molecule has 2 aromatic carbocycles. The van der Waals surface area contributed by atoms with E-state index in [-0.39, 0.29) is 5.88 Å². The van der Waals surface area contributed by atoms with Crippen molar-refractivity contribution in [2.45, 2.75) is 26.4 Å². The van der Waals surface area contributed by atoms with Crippen molar-refractivity contribution in [1.29, 1.82) is 5.26 Å². The summed E-state index contributed by atoms with van der Waals surface area (Å²) in [7, 11) is 0. The number of rotatable bonds is 6. The second kappa shape index (κ2) is 8.62. The lowest BCUT2D eigenvalue weighted by Crippen LogP contribution is -2.21. The predicted octanol–water partition coefficient (Wildman–Crippen LogP) is 4.57. The number of nitrogens with zero attached hydrogens (tertiary/aromatic N) is 2. The molecule has 158 valence electrons. The summed E-state index contributed by atoms with van der Waals surface area (Å²) in [6.45, 7) is 4.62. The maximum absolute atomic E-state index is 9.74. The highest BCUT2D eigenvalue weighted by atomic mass is 35.5. The van der Waals surface area contributed by atoms with Gasteiger partial charge in [0.05, 0.1) is 12.5 Å². The minimum absolute atomic E-state index is 0.0486. The van der Waals surface area contributed by atoms with E-state index in [1.807, 2.05) is 56.3 Å². The minimum atomic E-state index is -0.419. The number of fused-ring (bicyclic) bond motifs is 1. The van der Waals surface area contributed by atoms with Gasteiger partial charge in [-0.1, -0.05) is 29.8 Å². The fraction of sp³-hybridized carbons (Fsp3) is 0.217. The van der Waals surface area contributed by atoms with Crippen LogP contribution in [0.3, 0.4) is 0 Å². The van der Waals surface area contributed by atoms with Crippen LogP contribution in [0.15, 0.2) is 53.9 Å². The molecule has 3 aromatic rings. The van der Waals surface area contributed by atoms with E-state index in [0.29, 0.717) is 41.2 Å². The van der Waals surface area contributed by atoms with Gasteiger partial charge in [0, 0.05) is 16.3 Å². The van der Waals surface area contributed by atoms with Gasteiger partial charge in [-0.15, -0.1) is 5.10 Å². The molecule has 4 rings (SSSR count). The van der Waals surface area contributed by atoms with Gasteiger partial charge in [-0.25, -0.2) is 0 Å². The quantitative estimate of drug-likeness (QED) is 0.586. The lowest BCUT2D eigenvalue weighted by molar-refractivity contribution is 0.269. The molecule has 1 atom stereocenters. The Bertz CT molecular complexity index is 1180. The number of aromatic nitrogens is 2. The topological polar surface area (TPSA) is 106 Å². The first kappa shape index (κ1) is 20.6. The molecule has 2 heterocycles. The highest BCUT2D eigenvalue weighted by molar-refractivity contribution is 6.30. The summed E-state index contributed by atoms with van der Waals surface area (Å²) < 4.78 is 17.4. The highest BCUT2D eigenvalue weighted by Crippen LogP contribution is 2.44. The summed E-state index contributed by atoms with van der Waals surface area (Å²) in [5, 5.41) is 17.5. The van der Waals surface area contributed by atoms with E-state index in [2.05, 4.69) is 16.3 Å². The molecule has 0 amide bonds. The van der Waals surface area contributed by atoms with Crippen LogP contribution in [0, 0.1) is 18.3 Å². The average molecular weight is 437 g/mol. The molecule has 1 aliphatic rings. The zero-order chi connectivity index (χ0) is 22.0. The van der Waals surface area contributed by atoms with Gasteiger partial charge in [0.1, 0.15) is 18.2 Å². The number of nitriles is 1. The Labute approximate surface area is 185 Å². The standard InChI is InChI=1S/C23H21ClN4O3/c1-3-29-19-10-15(6-9-18(19)30-12-14-4-7-16(24)8-5-14)21-17(11-25)22(26)31-23-20(21)13(2)27-28-23/h4-10,21H,3,12,26H2,1-2H3,(H,27,28)/t21-/m1/s1. The summed E-state index contributed by atoms with van der Waals surface area (Å²) in [4.78, 5) is 0. The third-order valence-electron chi connectivity index (χ3n) is 5.04. The molecule has 0 spiro atoms. The fourth-order valence-electron chi connectivity index (χ4n) is 3.57. The molecular weight excluding hydrogens is 416 g/mol. The Morgan fingerprint density at radius 3 is 2.68 bits per heavy atom. The van der Waals surface area contributed by atoms with Crippen LogP contribution in [0.25, 0.3) is 0 Å². The van der Waals surface area contributed by atoms with Crippen LogP contribution in [-0.4, -0.2) is 16.8 Å². The van der Waals surface area contributed by atoms with Gasteiger partial charge < -0.3 is 19.9 Å². The summed E-state index contributed by atoms with van der Waals surface area (Å²) in [5.41, 5.74) is 9.74. The number of H-pyrrole nitrogens is 1. The van der Waals surface area contributed by atoms with Crippen LogP contribution in [-0.2, 0) is 6.61 Å². The summed E-state index contributed by atoms with van der Waals surface area (Å²) in [5.74, 6) is 1.19. The molecule has 0 fully saturated rings. The Morgan fingerprint density at radius 2 is 1.97 bits per heavy atom. The molecule has 0 radical (unpaired) electrons. The summed E-state index contributed by atoms with van der Waals surface area (Å²) in [6, 6.07) is 15.3. The van der Waals surface area contributed by atoms with Crippen LogP contribution in [0.5, 0.6) is 17.4 Å². The van der Waals surface area contributed by atoms with Crippen molar-refractivity contribution in [3.05, 3.63) is 81.3 Å². The number of hydrogen-bond acceptors (Lipinski definition) is 6. The molecule has 0 bridgehead atoms. The third-order valence-corrected chi connectivity index (χ3v) is 5.29. The van der Waals surface area contributed by atoms with Crippen molar-refractivity contribution < 1.29 is 14.2 Å². The monoisotopic (exact) mass is 436 g/mol. The molecular formula is C23H21ClN4O3. The summed E-state index contributed by atoms with van der Waals surface area (Å²) >= 11 is 5.95. The van der Waals surface area contributed by atoms with Crippen molar-refractivity contribution in [3.63, 3.8) is 0 Å². The molecule has 3 N–H and O–H groups in total. The molecule has 0 saturated carbocycles. The summed E-state index contributed by atoms with van der Waals surface area (Å²) in [6.07, 6.45) is 0. The van der Waals surface area contributed by atoms with Crippen LogP contribution in [0.2, 0.25) is 5.02 Å². The van der Waals surface area contributed by atoms with E-state index in [0.717, 1.165) is 22.4 Å². The van der Waals surface area contributed by atoms with Crippen molar-refractivity contribution in [2.24, 2.45) is 5.73 Å². The number of aromatic amines is 1. The van der Waals surface area contributed by atoms with Crippen LogP contribution in [0.1, 0.15) is 35.2 Å². The van der Waals surface area contributed by atoms with Crippen LogP contribution < -0.4 is 19.9 Å². The Morgan fingerprint density at radius 1 is 1.19 bits per heavy atom. The highest BCUT2D eigenvalue weighted by Gasteiger charge is 2.34. The zero-order valence-corrected chi connectivity index (χ0v) is 17.9. The lowest BCUT2D eigenvalue weighted by Gasteiger charge is -2.24. The van der Waals surface area contributed by atoms with Crippen LogP contribution in [0.4, 0.5) is 0 Å². The van der Waals surface area contributed by atoms with Gasteiger partial charge >= 0.3 is 0 Å². The Hall–Kier alpha value is -3.63. The molecule has 1 aromatic heterocycles. The van der Waals surface area contributed by atoms with Gasteiger partial charge in [-0.3, -0.25) is 5.10 Å². The van der Waals surface area contributed by atoms with Gasteiger partial charge in [0.15, 0.2) is 11.5 Å². The smallest absolute Gasteiger partial charge is 0.244 e. The van der Waals surface area contributed by atoms with E-state index in [4.69, 9.17) is 31.5 Å². The number of nitrogens with one attached hydrogen (secondary N) is 1. The SMILES string of the molecule is CCOc1cc([C@@H]2C(C#N)=C(N)Oc3n[nH]c(C)c32)ccc1OCc1ccc(Cl)cc1. The number of allylic oxidation sites excluding steroid dienone is 1. The molecule has 0 aliphatic carbocycles. The van der Waals surface area contributed by atoms with E-state index < -0.39 is 5.92 Å². The molecule has 0 unspecified atom stereocenters. The maximum atomic E-state index is 9.74. The number of aryl methyl sites for hydroxylation is 1. The fourth-order valence-corrected chi connectivity index (χ4v) is 3.69. The van der Waals surface area contributed by atoms with Gasteiger partial charge in [-0.05, 0) is 49.2 Å². The minimum Gasteiger partial charge on any atom is -0.490 e. The van der Waals surface area contributed by atoms with Gasteiger partial charge in [0.2, 0.25) is 11.8 Å². The third kappa shape index (κ3) is 4.03. The molecule has 7 nitrogen and oxygen atoms in total. The molecule has 8 heteroatoms. The first-order chi connectivity index (χ1) is 15.0.